The van der Waals surface area contributed by atoms with Crippen molar-refractivity contribution >= 4 is 0 Å². The molecule has 0 aliphatic rings. The van der Waals surface area contributed by atoms with Crippen molar-refractivity contribution in [3.8, 4) is 0 Å². The number of rotatable bonds is 6. The van der Waals surface area contributed by atoms with E-state index in [1.165, 1.54) is 12.1 Å². The Labute approximate surface area is 110 Å². The van der Waals surface area contributed by atoms with Crippen LogP contribution in [0.1, 0.15) is 39.7 Å². The Morgan fingerprint density at radius 2 is 1.67 bits per heavy atom. The van der Waals surface area contributed by atoms with Crippen LogP contribution in [0.4, 0.5) is 4.39 Å². The van der Waals surface area contributed by atoms with Crippen molar-refractivity contribution in [2.24, 2.45) is 5.73 Å². The predicted octanol–water partition coefficient (Wildman–Crippen LogP) is 3.12. The molecule has 0 heterocycles. The molecule has 2 atom stereocenters. The van der Waals surface area contributed by atoms with Crippen LogP contribution in [-0.2, 0) is 5.54 Å². The third kappa shape index (κ3) is 3.09. The van der Waals surface area contributed by atoms with Crippen LogP contribution in [0.25, 0.3) is 0 Å². The maximum Gasteiger partial charge on any atom is 0.123 e. The van der Waals surface area contributed by atoms with Crippen molar-refractivity contribution in [3.05, 3.63) is 35.6 Å². The molecule has 0 spiro atoms. The van der Waals surface area contributed by atoms with E-state index in [0.29, 0.717) is 0 Å². The fourth-order valence-corrected chi connectivity index (χ4v) is 2.73. The zero-order valence-electron chi connectivity index (χ0n) is 11.9. The summed E-state index contributed by atoms with van der Waals surface area (Å²) >= 11 is 0. The minimum atomic E-state index is -0.464. The molecule has 0 amide bonds. The van der Waals surface area contributed by atoms with Gasteiger partial charge >= 0.3 is 0 Å². The van der Waals surface area contributed by atoms with Crippen LogP contribution in [-0.4, -0.2) is 24.0 Å². The van der Waals surface area contributed by atoms with Crippen molar-refractivity contribution in [2.75, 3.05) is 13.1 Å². The first-order chi connectivity index (χ1) is 8.47. The Morgan fingerprint density at radius 3 is 2.06 bits per heavy atom. The molecule has 102 valence electrons. The van der Waals surface area contributed by atoms with Crippen molar-refractivity contribution in [1.29, 1.82) is 0 Å². The molecular formula is C15H25FN2. The third-order valence-electron chi connectivity index (χ3n) is 3.80. The van der Waals surface area contributed by atoms with Gasteiger partial charge in [0, 0.05) is 6.04 Å². The predicted molar refractivity (Wildman–Crippen MR) is 74.9 cm³/mol. The molecule has 0 aliphatic heterocycles. The summed E-state index contributed by atoms with van der Waals surface area (Å²) in [6, 6.07) is 6.81. The molecule has 1 aromatic carbocycles. The van der Waals surface area contributed by atoms with Gasteiger partial charge in [-0.25, -0.2) is 4.39 Å². The molecule has 2 unspecified atom stereocenters. The van der Waals surface area contributed by atoms with Crippen LogP contribution >= 0.6 is 0 Å². The molecule has 2 N–H and O–H groups in total. The lowest BCUT2D eigenvalue weighted by Gasteiger charge is -2.41. The Hall–Kier alpha value is -0.930. The number of halogens is 1. The van der Waals surface area contributed by atoms with Gasteiger partial charge < -0.3 is 5.73 Å². The number of benzene rings is 1. The average Bonchev–Trinajstić information content (AvgIpc) is 2.35. The largest absolute Gasteiger partial charge is 0.320 e. The van der Waals surface area contributed by atoms with Gasteiger partial charge in [-0.3, -0.25) is 4.90 Å². The minimum Gasteiger partial charge on any atom is -0.320 e. The monoisotopic (exact) mass is 252 g/mol. The first kappa shape index (κ1) is 15.1. The Balaban J connectivity index is 3.05. The van der Waals surface area contributed by atoms with E-state index in [0.717, 1.165) is 25.1 Å². The van der Waals surface area contributed by atoms with Crippen LogP contribution in [0.3, 0.4) is 0 Å². The van der Waals surface area contributed by atoms with Crippen LogP contribution in [0.15, 0.2) is 24.3 Å². The highest BCUT2D eigenvalue weighted by Gasteiger charge is 2.33. The molecule has 0 aliphatic carbocycles. The molecule has 1 rings (SSSR count). The number of nitrogens with zero attached hydrogens (tertiary/aromatic N) is 1. The lowest BCUT2D eigenvalue weighted by atomic mass is 9.83. The standard InChI is InChI=1S/C15H25FN2/c1-5-14(18(6-2)7-3)15(4,17)12-8-10-13(16)11-9-12/h8-11,14H,5-7,17H2,1-4H3. The molecule has 18 heavy (non-hydrogen) atoms. The summed E-state index contributed by atoms with van der Waals surface area (Å²) in [5, 5.41) is 0. The van der Waals surface area contributed by atoms with E-state index >= 15 is 0 Å². The second kappa shape index (κ2) is 6.30. The molecule has 1 aromatic rings. The van der Waals surface area contributed by atoms with Gasteiger partial charge in [0.05, 0.1) is 5.54 Å². The topological polar surface area (TPSA) is 29.3 Å². The molecule has 0 bridgehead atoms. The molecular weight excluding hydrogens is 227 g/mol. The van der Waals surface area contributed by atoms with Gasteiger partial charge in [0.25, 0.3) is 0 Å². The summed E-state index contributed by atoms with van der Waals surface area (Å²) < 4.78 is 13.0. The highest BCUT2D eigenvalue weighted by molar-refractivity contribution is 5.26. The molecule has 0 fully saturated rings. The van der Waals surface area contributed by atoms with Crippen LogP contribution < -0.4 is 5.73 Å². The molecule has 2 nitrogen and oxygen atoms in total. The number of nitrogens with two attached hydrogens (primary N) is 1. The van der Waals surface area contributed by atoms with Crippen molar-refractivity contribution < 1.29 is 4.39 Å². The molecule has 0 saturated heterocycles. The number of likely N-dealkylation sites (N-methyl/N-ethyl adjacent to an activating group) is 1. The lowest BCUT2D eigenvalue weighted by Crippen LogP contribution is -2.54. The van der Waals surface area contributed by atoms with E-state index in [1.807, 2.05) is 6.92 Å². The van der Waals surface area contributed by atoms with Crippen LogP contribution in [0, 0.1) is 5.82 Å². The molecule has 0 saturated carbocycles. The van der Waals surface area contributed by atoms with Crippen LogP contribution in [0.2, 0.25) is 0 Å². The summed E-state index contributed by atoms with van der Waals surface area (Å²) in [7, 11) is 0. The molecule has 3 heteroatoms. The third-order valence-corrected chi connectivity index (χ3v) is 3.80. The fourth-order valence-electron chi connectivity index (χ4n) is 2.73. The summed E-state index contributed by atoms with van der Waals surface area (Å²) in [6.07, 6.45) is 0.978. The average molecular weight is 252 g/mol. The first-order valence-corrected chi connectivity index (χ1v) is 6.76. The number of hydrogen-bond donors (Lipinski definition) is 1. The smallest absolute Gasteiger partial charge is 0.123 e. The van der Waals surface area contributed by atoms with Gasteiger partial charge in [-0.1, -0.05) is 32.9 Å². The van der Waals surface area contributed by atoms with Gasteiger partial charge in [0.1, 0.15) is 5.82 Å². The zero-order chi connectivity index (χ0) is 13.8. The fraction of sp³-hybridized carbons (Fsp3) is 0.600. The Morgan fingerprint density at radius 1 is 1.17 bits per heavy atom. The minimum absolute atomic E-state index is 0.217. The van der Waals surface area contributed by atoms with E-state index < -0.39 is 5.54 Å². The maximum absolute atomic E-state index is 13.0. The van der Waals surface area contributed by atoms with E-state index in [2.05, 4.69) is 25.7 Å². The van der Waals surface area contributed by atoms with Gasteiger partial charge in [-0.2, -0.15) is 0 Å². The first-order valence-electron chi connectivity index (χ1n) is 6.76. The summed E-state index contributed by atoms with van der Waals surface area (Å²) in [5.41, 5.74) is 7.06. The summed E-state index contributed by atoms with van der Waals surface area (Å²) in [5.74, 6) is -0.217. The van der Waals surface area contributed by atoms with Gasteiger partial charge in [0.2, 0.25) is 0 Å². The van der Waals surface area contributed by atoms with Crippen molar-refractivity contribution in [2.45, 2.75) is 45.7 Å². The molecule has 0 radical (unpaired) electrons. The number of hydrogen-bond acceptors (Lipinski definition) is 2. The van der Waals surface area contributed by atoms with Gasteiger partial charge in [-0.05, 0) is 44.1 Å². The van der Waals surface area contributed by atoms with Crippen molar-refractivity contribution in [3.63, 3.8) is 0 Å². The van der Waals surface area contributed by atoms with E-state index in [9.17, 15) is 4.39 Å². The van der Waals surface area contributed by atoms with Gasteiger partial charge in [-0.15, -0.1) is 0 Å². The normalized spacial score (nSPS) is 16.6. The second-order valence-electron chi connectivity index (χ2n) is 4.93. The summed E-state index contributed by atoms with van der Waals surface area (Å²) in [6.45, 7) is 10.4. The van der Waals surface area contributed by atoms with Crippen molar-refractivity contribution in [1.82, 2.24) is 4.90 Å². The van der Waals surface area contributed by atoms with E-state index in [1.54, 1.807) is 12.1 Å². The van der Waals surface area contributed by atoms with E-state index in [-0.39, 0.29) is 11.9 Å². The SMILES string of the molecule is CCC(N(CC)CC)C(C)(N)c1ccc(F)cc1. The molecule has 0 aromatic heterocycles. The van der Waals surface area contributed by atoms with E-state index in [4.69, 9.17) is 5.73 Å². The highest BCUT2D eigenvalue weighted by atomic mass is 19.1. The Kier molecular flexibility index (Phi) is 5.29. The quantitative estimate of drug-likeness (QED) is 0.843. The zero-order valence-corrected chi connectivity index (χ0v) is 11.9. The maximum atomic E-state index is 13.0. The lowest BCUT2D eigenvalue weighted by molar-refractivity contribution is 0.135. The second-order valence-corrected chi connectivity index (χ2v) is 4.93. The Bertz CT molecular complexity index is 355. The van der Waals surface area contributed by atoms with Gasteiger partial charge in [0.15, 0.2) is 0 Å². The highest BCUT2D eigenvalue weighted by Crippen LogP contribution is 2.27. The van der Waals surface area contributed by atoms with Crippen LogP contribution in [0.5, 0.6) is 0 Å². The summed E-state index contributed by atoms with van der Waals surface area (Å²) in [4.78, 5) is 2.36.